The third kappa shape index (κ3) is 4.94. The lowest BCUT2D eigenvalue weighted by Gasteiger charge is -2.24. The summed E-state index contributed by atoms with van der Waals surface area (Å²) in [4.78, 5) is 26.4. The number of carbonyl (C=O) groups excluding carboxylic acids is 2. The monoisotopic (exact) mass is 476 g/mol. The Kier molecular flexibility index (Phi) is 6.94. The van der Waals surface area contributed by atoms with Gasteiger partial charge in [-0.1, -0.05) is 79.6 Å². The zero-order chi connectivity index (χ0) is 24.9. The maximum atomic E-state index is 13.3. The molecule has 0 amide bonds. The first-order chi connectivity index (χ1) is 17.6. The average Bonchev–Trinajstić information content (AvgIpc) is 3.46. The fourth-order valence-electron chi connectivity index (χ4n) is 4.94. The predicted octanol–water partition coefficient (Wildman–Crippen LogP) is 7.76. The Hall–Kier alpha value is -4.18. The lowest BCUT2D eigenvalue weighted by Crippen LogP contribution is -2.16. The quantitative estimate of drug-likeness (QED) is 0.211. The highest BCUT2D eigenvalue weighted by Gasteiger charge is 2.31. The van der Waals surface area contributed by atoms with E-state index < -0.39 is 11.9 Å². The molecule has 1 aliphatic carbocycles. The molecule has 0 aliphatic heterocycles. The summed E-state index contributed by atoms with van der Waals surface area (Å²) in [5.41, 5.74) is 4.60. The average molecular weight is 477 g/mol. The normalized spacial score (nSPS) is 13.4. The maximum absolute atomic E-state index is 13.3. The summed E-state index contributed by atoms with van der Waals surface area (Å²) < 4.78 is 12.1. The minimum absolute atomic E-state index is 0.202. The zero-order valence-electron chi connectivity index (χ0n) is 20.3. The molecule has 36 heavy (non-hydrogen) atoms. The van der Waals surface area contributed by atoms with Crippen LogP contribution in [0.3, 0.4) is 0 Å². The molecule has 5 rings (SSSR count). The Labute approximate surface area is 211 Å². The Balaban J connectivity index is 1.68. The second-order valence-corrected chi connectivity index (χ2v) is 9.17. The summed E-state index contributed by atoms with van der Waals surface area (Å²) in [5, 5.41) is 0. The van der Waals surface area contributed by atoms with E-state index in [0.717, 1.165) is 47.9 Å². The van der Waals surface area contributed by atoms with Crippen molar-refractivity contribution in [1.29, 1.82) is 0 Å². The highest BCUT2D eigenvalue weighted by atomic mass is 16.6. The van der Waals surface area contributed by atoms with Crippen molar-refractivity contribution in [3.8, 4) is 22.6 Å². The minimum Gasteiger partial charge on any atom is -0.419 e. The molecule has 0 atom stereocenters. The van der Waals surface area contributed by atoms with Crippen LogP contribution in [0.4, 0.5) is 0 Å². The van der Waals surface area contributed by atoms with E-state index in [9.17, 15) is 9.59 Å². The van der Waals surface area contributed by atoms with Crippen molar-refractivity contribution in [2.75, 3.05) is 0 Å². The molecule has 0 bridgehead atoms. The van der Waals surface area contributed by atoms with E-state index in [-0.39, 0.29) is 5.92 Å². The lowest BCUT2D eigenvalue weighted by atomic mass is 9.87. The van der Waals surface area contributed by atoms with Gasteiger partial charge in [-0.25, -0.2) is 9.59 Å². The zero-order valence-corrected chi connectivity index (χ0v) is 20.3. The molecule has 0 heterocycles. The van der Waals surface area contributed by atoms with Crippen LogP contribution < -0.4 is 9.47 Å². The van der Waals surface area contributed by atoms with Gasteiger partial charge >= 0.3 is 11.9 Å². The molecule has 0 radical (unpaired) electrons. The van der Waals surface area contributed by atoms with Gasteiger partial charge in [-0.15, -0.1) is 0 Å². The Bertz CT molecular complexity index is 1360. The van der Waals surface area contributed by atoms with Crippen molar-refractivity contribution in [2.24, 2.45) is 0 Å². The first-order valence-electron chi connectivity index (χ1n) is 12.4. The van der Waals surface area contributed by atoms with Crippen molar-refractivity contribution < 1.29 is 19.1 Å². The summed E-state index contributed by atoms with van der Waals surface area (Å²) in [5.74, 6) is -0.112. The number of benzene rings is 4. The van der Waals surface area contributed by atoms with Crippen LogP contribution in [-0.4, -0.2) is 11.9 Å². The van der Waals surface area contributed by atoms with Gasteiger partial charge in [0.2, 0.25) is 0 Å². The number of aryl methyl sites for hydroxylation is 1. The van der Waals surface area contributed by atoms with Crippen LogP contribution >= 0.6 is 0 Å². The van der Waals surface area contributed by atoms with Crippen LogP contribution in [0.2, 0.25) is 0 Å². The number of hydrogen-bond acceptors (Lipinski definition) is 4. The standard InChI is InChI=1S/C32H28O4/c1-22-21-27(23-13-5-2-6-14-23)28(24-15-11-12-16-24)30(36-32(34)26-19-9-4-10-20-26)29(22)35-31(33)25-17-7-3-8-18-25/h2-10,13-14,17-21,24H,11-12,15-16H2,1H3. The molecule has 4 nitrogen and oxygen atoms in total. The van der Waals surface area contributed by atoms with Crippen molar-refractivity contribution in [3.63, 3.8) is 0 Å². The molecule has 0 N–H and O–H groups in total. The molecule has 0 aromatic heterocycles. The molecular formula is C32H28O4. The summed E-state index contributed by atoms with van der Waals surface area (Å²) in [6.07, 6.45) is 4.20. The smallest absolute Gasteiger partial charge is 0.343 e. The summed E-state index contributed by atoms with van der Waals surface area (Å²) in [6, 6.07) is 29.9. The van der Waals surface area contributed by atoms with Crippen molar-refractivity contribution in [3.05, 3.63) is 119 Å². The van der Waals surface area contributed by atoms with Crippen molar-refractivity contribution >= 4 is 11.9 Å². The van der Waals surface area contributed by atoms with Gasteiger partial charge in [-0.3, -0.25) is 0 Å². The largest absolute Gasteiger partial charge is 0.419 e. The second kappa shape index (κ2) is 10.6. The molecule has 4 heteroatoms. The SMILES string of the molecule is Cc1cc(-c2ccccc2)c(C2CCCC2)c(OC(=O)c2ccccc2)c1OC(=O)c1ccccc1. The Morgan fingerprint density at radius 2 is 1.14 bits per heavy atom. The number of rotatable bonds is 6. The van der Waals surface area contributed by atoms with E-state index in [1.54, 1.807) is 48.5 Å². The molecule has 180 valence electrons. The van der Waals surface area contributed by atoms with Gasteiger partial charge in [0.15, 0.2) is 11.5 Å². The van der Waals surface area contributed by atoms with Gasteiger partial charge in [0.25, 0.3) is 0 Å². The molecular weight excluding hydrogens is 448 g/mol. The molecule has 1 fully saturated rings. The third-order valence-electron chi connectivity index (χ3n) is 6.72. The van der Waals surface area contributed by atoms with E-state index in [1.807, 2.05) is 37.3 Å². The summed E-state index contributed by atoms with van der Waals surface area (Å²) in [6.45, 7) is 1.89. The van der Waals surface area contributed by atoms with Crippen molar-refractivity contribution in [2.45, 2.75) is 38.5 Å². The fraction of sp³-hybridized carbons (Fsp3) is 0.188. The van der Waals surface area contributed by atoms with Crippen LogP contribution in [0.5, 0.6) is 11.5 Å². The maximum Gasteiger partial charge on any atom is 0.343 e. The molecule has 1 saturated carbocycles. The van der Waals surface area contributed by atoms with Crippen LogP contribution in [0.1, 0.15) is 63.4 Å². The lowest BCUT2D eigenvalue weighted by molar-refractivity contribution is 0.0679. The summed E-state index contributed by atoms with van der Waals surface area (Å²) in [7, 11) is 0. The van der Waals surface area contributed by atoms with E-state index in [1.165, 1.54) is 0 Å². The van der Waals surface area contributed by atoms with Crippen LogP contribution in [0, 0.1) is 6.92 Å². The van der Waals surface area contributed by atoms with Gasteiger partial charge < -0.3 is 9.47 Å². The first kappa shape index (κ1) is 23.6. The first-order valence-corrected chi connectivity index (χ1v) is 12.4. The van der Waals surface area contributed by atoms with Gasteiger partial charge in [-0.2, -0.15) is 0 Å². The van der Waals surface area contributed by atoms with Gasteiger partial charge in [0.1, 0.15) is 0 Å². The minimum atomic E-state index is -0.486. The molecule has 1 aliphatic rings. The van der Waals surface area contributed by atoms with E-state index in [2.05, 4.69) is 18.2 Å². The van der Waals surface area contributed by atoms with E-state index in [0.29, 0.717) is 22.6 Å². The number of carbonyl (C=O) groups is 2. The third-order valence-corrected chi connectivity index (χ3v) is 6.72. The highest BCUT2D eigenvalue weighted by molar-refractivity contribution is 5.94. The van der Waals surface area contributed by atoms with Crippen LogP contribution in [0.15, 0.2) is 97.1 Å². The van der Waals surface area contributed by atoms with Crippen molar-refractivity contribution in [1.82, 2.24) is 0 Å². The van der Waals surface area contributed by atoms with Crippen LogP contribution in [0.25, 0.3) is 11.1 Å². The molecule has 4 aromatic carbocycles. The van der Waals surface area contributed by atoms with E-state index >= 15 is 0 Å². The Morgan fingerprint density at radius 3 is 1.67 bits per heavy atom. The fourth-order valence-corrected chi connectivity index (χ4v) is 4.94. The number of esters is 2. The Morgan fingerprint density at radius 1 is 0.667 bits per heavy atom. The van der Waals surface area contributed by atoms with Gasteiger partial charge in [0, 0.05) is 5.56 Å². The predicted molar refractivity (Wildman–Crippen MR) is 141 cm³/mol. The van der Waals surface area contributed by atoms with Gasteiger partial charge in [-0.05, 0) is 72.7 Å². The highest BCUT2D eigenvalue weighted by Crippen LogP contribution is 2.49. The topological polar surface area (TPSA) is 52.6 Å². The molecule has 0 spiro atoms. The number of hydrogen-bond donors (Lipinski definition) is 0. The number of ether oxygens (including phenoxy) is 2. The van der Waals surface area contributed by atoms with E-state index in [4.69, 9.17) is 9.47 Å². The second-order valence-electron chi connectivity index (χ2n) is 9.17. The molecule has 4 aromatic rings. The molecule has 0 unspecified atom stereocenters. The van der Waals surface area contributed by atoms with Gasteiger partial charge in [0.05, 0.1) is 11.1 Å². The summed E-state index contributed by atoms with van der Waals surface area (Å²) >= 11 is 0. The molecule has 0 saturated heterocycles. The van der Waals surface area contributed by atoms with Crippen LogP contribution in [-0.2, 0) is 0 Å².